The molecule has 1 fully saturated rings. The Morgan fingerprint density at radius 2 is 1.88 bits per heavy atom. The van der Waals surface area contributed by atoms with E-state index < -0.39 is 17.0 Å². The van der Waals surface area contributed by atoms with Crippen LogP contribution >= 0.6 is 0 Å². The first-order valence-corrected chi connectivity index (χ1v) is 8.56. The lowest BCUT2D eigenvalue weighted by molar-refractivity contribution is 0.206. The van der Waals surface area contributed by atoms with Crippen molar-refractivity contribution in [1.82, 2.24) is 20.4 Å². The van der Waals surface area contributed by atoms with Gasteiger partial charge in [-0.2, -0.15) is 5.10 Å². The molecule has 2 heterocycles. The van der Waals surface area contributed by atoms with Gasteiger partial charge in [0, 0.05) is 0 Å². The Kier molecular flexibility index (Phi) is 2.95. The zero-order chi connectivity index (χ0) is 18.1. The highest BCUT2D eigenvalue weighted by molar-refractivity contribution is 5.63. The third-order valence-corrected chi connectivity index (χ3v) is 6.33. The molecule has 1 saturated carbocycles. The molecule has 0 amide bonds. The van der Waals surface area contributed by atoms with Gasteiger partial charge in [0.2, 0.25) is 12.3 Å². The van der Waals surface area contributed by atoms with Crippen LogP contribution in [0.5, 0.6) is 0 Å². The predicted octanol–water partition coefficient (Wildman–Crippen LogP) is 4.01. The van der Waals surface area contributed by atoms with E-state index in [2.05, 4.69) is 34.2 Å². The molecule has 2 atom stereocenters. The Balaban J connectivity index is 1.74. The van der Waals surface area contributed by atoms with Crippen LogP contribution in [0.2, 0.25) is 0 Å². The summed E-state index contributed by atoms with van der Waals surface area (Å²) in [6, 6.07) is 5.56. The highest BCUT2D eigenvalue weighted by Gasteiger charge is 2.66. The lowest BCUT2D eigenvalue weighted by Crippen LogP contribution is -2.37. The monoisotopic (exact) mass is 354 g/mol. The first-order valence-electron chi connectivity index (χ1n) is 8.56. The van der Waals surface area contributed by atoms with Crippen LogP contribution in [0.25, 0.3) is 11.3 Å². The molecule has 2 aromatic heterocycles. The summed E-state index contributed by atoms with van der Waals surface area (Å²) in [5, 5.41) is 16.6. The summed E-state index contributed by atoms with van der Waals surface area (Å²) in [6.45, 7) is 4.31. The Morgan fingerprint density at radius 1 is 1.12 bits per heavy atom. The van der Waals surface area contributed by atoms with Crippen LogP contribution in [0.4, 0.5) is 8.78 Å². The van der Waals surface area contributed by atoms with Crippen LogP contribution in [-0.2, 0) is 5.41 Å². The zero-order valence-corrected chi connectivity index (χ0v) is 14.3. The minimum atomic E-state index is -0.645. The second kappa shape index (κ2) is 4.93. The second-order valence-electron chi connectivity index (χ2n) is 7.59. The number of halogens is 2. The second-order valence-corrected chi connectivity index (χ2v) is 7.59. The van der Waals surface area contributed by atoms with Gasteiger partial charge >= 0.3 is 0 Å². The van der Waals surface area contributed by atoms with E-state index >= 15 is 0 Å². The van der Waals surface area contributed by atoms with Crippen molar-refractivity contribution >= 4 is 0 Å². The van der Waals surface area contributed by atoms with Crippen LogP contribution in [0.3, 0.4) is 0 Å². The quantitative estimate of drug-likeness (QED) is 0.696. The molecule has 2 aliphatic rings. The number of nitrogens with zero attached hydrogens (tertiary/aromatic N) is 4. The van der Waals surface area contributed by atoms with Gasteiger partial charge in [-0.05, 0) is 47.9 Å². The molecule has 0 radical (unpaired) electrons. The molecule has 5 nitrogen and oxygen atoms in total. The molecule has 5 rings (SSSR count). The summed E-state index contributed by atoms with van der Waals surface area (Å²) in [7, 11) is 0. The standard InChI is InChI=1S/C19H16F2N4O/c1-18(2)11-6-7-19(18,17-25-22-9-26-17)16-10(11)8-14(23-24-16)15-12(20)4-3-5-13(15)21/h3-5,8-9,11H,6-7H2,1-2H3/t11-,19?/m0/s1. The van der Waals surface area contributed by atoms with Gasteiger partial charge in [-0.15, -0.1) is 15.3 Å². The maximum Gasteiger partial charge on any atom is 0.228 e. The van der Waals surface area contributed by atoms with Crippen molar-refractivity contribution < 1.29 is 13.2 Å². The van der Waals surface area contributed by atoms with E-state index in [1.165, 1.54) is 24.6 Å². The number of rotatable bonds is 2. The summed E-state index contributed by atoms with van der Waals surface area (Å²) >= 11 is 0. The maximum absolute atomic E-state index is 14.2. The summed E-state index contributed by atoms with van der Waals surface area (Å²) in [4.78, 5) is 0. The van der Waals surface area contributed by atoms with Crippen LogP contribution in [0, 0.1) is 17.0 Å². The first kappa shape index (κ1) is 15.5. The minimum absolute atomic E-state index is 0.143. The van der Waals surface area contributed by atoms with E-state index in [4.69, 9.17) is 4.42 Å². The number of benzene rings is 1. The van der Waals surface area contributed by atoms with Gasteiger partial charge < -0.3 is 4.42 Å². The molecule has 0 aliphatic heterocycles. The highest BCUT2D eigenvalue weighted by Crippen LogP contribution is 2.69. The lowest BCUT2D eigenvalue weighted by atomic mass is 9.68. The van der Waals surface area contributed by atoms with E-state index in [9.17, 15) is 8.78 Å². The van der Waals surface area contributed by atoms with E-state index in [0.29, 0.717) is 5.89 Å². The molecule has 1 aromatic carbocycles. The van der Waals surface area contributed by atoms with Crippen molar-refractivity contribution in [1.29, 1.82) is 0 Å². The molecule has 0 N–H and O–H groups in total. The largest absolute Gasteiger partial charge is 0.427 e. The lowest BCUT2D eigenvalue weighted by Gasteiger charge is -2.34. The van der Waals surface area contributed by atoms with E-state index in [0.717, 1.165) is 24.1 Å². The number of hydrogen-bond donors (Lipinski definition) is 0. The Bertz CT molecular complexity index is 998. The van der Waals surface area contributed by atoms with Crippen molar-refractivity contribution in [3.8, 4) is 11.3 Å². The van der Waals surface area contributed by atoms with Gasteiger partial charge in [0.1, 0.15) is 11.6 Å². The van der Waals surface area contributed by atoms with Gasteiger partial charge in [0.15, 0.2) is 0 Å². The Labute approximate surface area is 148 Å². The minimum Gasteiger partial charge on any atom is -0.427 e. The number of aromatic nitrogens is 4. The topological polar surface area (TPSA) is 64.7 Å². The van der Waals surface area contributed by atoms with Crippen molar-refractivity contribution in [2.75, 3.05) is 0 Å². The molecular formula is C19H16F2N4O. The maximum atomic E-state index is 14.2. The molecule has 1 unspecified atom stereocenters. The Morgan fingerprint density at radius 3 is 2.58 bits per heavy atom. The SMILES string of the molecule is CC1(C)[C@H]2CCC1(c1nnco1)c1nnc(-c3c(F)cccc3F)cc12. The predicted molar refractivity (Wildman–Crippen MR) is 88.2 cm³/mol. The summed E-state index contributed by atoms with van der Waals surface area (Å²) < 4.78 is 33.9. The average Bonchev–Trinajstić information content (AvgIpc) is 3.26. The smallest absolute Gasteiger partial charge is 0.228 e. The van der Waals surface area contributed by atoms with Crippen molar-refractivity contribution in [3.63, 3.8) is 0 Å². The van der Waals surface area contributed by atoms with Gasteiger partial charge in [-0.25, -0.2) is 8.78 Å². The first-order chi connectivity index (χ1) is 12.5. The summed E-state index contributed by atoms with van der Waals surface area (Å²) in [5.74, 6) is -0.571. The van der Waals surface area contributed by atoms with Crippen LogP contribution < -0.4 is 0 Å². The summed E-state index contributed by atoms with van der Waals surface area (Å²) in [5.41, 5.74) is 1.10. The number of fused-ring (bicyclic) bond motifs is 5. The molecule has 26 heavy (non-hydrogen) atoms. The molecule has 0 spiro atoms. The molecule has 3 aromatic rings. The van der Waals surface area contributed by atoms with Crippen LogP contribution in [0.15, 0.2) is 35.1 Å². The summed E-state index contributed by atoms with van der Waals surface area (Å²) in [6.07, 6.45) is 3.08. The highest BCUT2D eigenvalue weighted by atomic mass is 19.1. The molecule has 2 bridgehead atoms. The van der Waals surface area contributed by atoms with Crippen LogP contribution in [0.1, 0.15) is 49.8 Å². The Hall–Kier alpha value is -2.70. The van der Waals surface area contributed by atoms with Gasteiger partial charge in [-0.3, -0.25) is 0 Å². The number of hydrogen-bond acceptors (Lipinski definition) is 5. The molecule has 2 aliphatic carbocycles. The van der Waals surface area contributed by atoms with Crippen molar-refractivity contribution in [2.45, 2.75) is 38.0 Å². The van der Waals surface area contributed by atoms with E-state index in [1.807, 2.05) is 0 Å². The third kappa shape index (κ3) is 1.68. The third-order valence-electron chi connectivity index (χ3n) is 6.33. The molecule has 132 valence electrons. The van der Waals surface area contributed by atoms with Gasteiger partial charge in [0.05, 0.1) is 22.4 Å². The molecule has 7 heteroatoms. The normalized spacial score (nSPS) is 25.5. The zero-order valence-electron chi connectivity index (χ0n) is 14.3. The average molecular weight is 354 g/mol. The fourth-order valence-electron chi connectivity index (χ4n) is 5.02. The van der Waals surface area contributed by atoms with Gasteiger partial charge in [0.25, 0.3) is 0 Å². The van der Waals surface area contributed by atoms with E-state index in [-0.39, 0.29) is 22.6 Å². The fraction of sp³-hybridized carbons (Fsp3) is 0.368. The van der Waals surface area contributed by atoms with Crippen LogP contribution in [-0.4, -0.2) is 20.4 Å². The fourth-order valence-corrected chi connectivity index (χ4v) is 5.02. The van der Waals surface area contributed by atoms with Gasteiger partial charge in [-0.1, -0.05) is 19.9 Å². The van der Waals surface area contributed by atoms with Crippen molar-refractivity contribution in [2.24, 2.45) is 5.41 Å². The molecular weight excluding hydrogens is 338 g/mol. The van der Waals surface area contributed by atoms with E-state index in [1.54, 1.807) is 6.07 Å². The molecule has 0 saturated heterocycles. The van der Waals surface area contributed by atoms with Crippen molar-refractivity contribution in [3.05, 3.63) is 59.4 Å².